The molecule has 1 amide bonds. The van der Waals surface area contributed by atoms with Crippen LogP contribution in [-0.2, 0) is 11.2 Å². The van der Waals surface area contributed by atoms with Crippen molar-refractivity contribution in [3.8, 4) is 11.3 Å². The first-order valence-electron chi connectivity index (χ1n) is 8.65. The molecule has 3 aromatic heterocycles. The van der Waals surface area contributed by atoms with Crippen LogP contribution >= 0.6 is 11.3 Å². The van der Waals surface area contributed by atoms with Crippen LogP contribution in [0.2, 0.25) is 0 Å². The first-order valence-corrected chi connectivity index (χ1v) is 9.53. The minimum atomic E-state index is -0.553. The van der Waals surface area contributed by atoms with Gasteiger partial charge in [-0.15, -0.1) is 11.3 Å². The molecule has 4 N–H and O–H groups in total. The van der Waals surface area contributed by atoms with Gasteiger partial charge in [0.15, 0.2) is 5.13 Å². The van der Waals surface area contributed by atoms with Crippen molar-refractivity contribution in [2.45, 2.75) is 19.8 Å². The van der Waals surface area contributed by atoms with Gasteiger partial charge in [0.05, 0.1) is 5.69 Å². The molecule has 0 radical (unpaired) electrons. The molecule has 4 aromatic rings. The summed E-state index contributed by atoms with van der Waals surface area (Å²) in [4.78, 5) is 47.7. The standard InChI is InChI=1S/C19H17N5O3S/c1-10-11(17(26)24-18(27)21-10)6-7-16(25)23-19-22-15(9-28-19)13-8-20-14-5-3-2-4-12(13)14/h2-5,8-9,20H,6-7H2,1H3,(H,22,23,25)(H2,21,24,26,27). The van der Waals surface area contributed by atoms with Gasteiger partial charge in [-0.1, -0.05) is 18.2 Å². The van der Waals surface area contributed by atoms with Crippen molar-refractivity contribution >= 4 is 33.3 Å². The van der Waals surface area contributed by atoms with E-state index in [-0.39, 0.29) is 18.7 Å². The number of H-pyrrole nitrogens is 3. The van der Waals surface area contributed by atoms with Crippen molar-refractivity contribution in [1.82, 2.24) is 19.9 Å². The number of anilines is 1. The average Bonchev–Trinajstić information content (AvgIpc) is 3.27. The molecule has 0 saturated carbocycles. The second kappa shape index (κ2) is 7.28. The zero-order valence-corrected chi connectivity index (χ0v) is 15.8. The Balaban J connectivity index is 1.45. The normalized spacial score (nSPS) is 11.0. The number of aromatic nitrogens is 4. The van der Waals surface area contributed by atoms with Crippen LogP contribution in [-0.4, -0.2) is 25.8 Å². The number of rotatable bonds is 5. The quantitative estimate of drug-likeness (QED) is 0.414. The number of hydrogen-bond donors (Lipinski definition) is 4. The number of nitrogens with zero attached hydrogens (tertiary/aromatic N) is 1. The summed E-state index contributed by atoms with van der Waals surface area (Å²) in [7, 11) is 0. The lowest BCUT2D eigenvalue weighted by molar-refractivity contribution is -0.116. The average molecular weight is 395 g/mol. The van der Waals surface area contributed by atoms with Crippen molar-refractivity contribution < 1.29 is 4.79 Å². The van der Waals surface area contributed by atoms with E-state index in [0.29, 0.717) is 16.4 Å². The third-order valence-corrected chi connectivity index (χ3v) is 5.23. The number of aromatic amines is 3. The summed E-state index contributed by atoms with van der Waals surface area (Å²) in [6, 6.07) is 7.94. The fourth-order valence-corrected chi connectivity index (χ4v) is 3.81. The monoisotopic (exact) mass is 395 g/mol. The van der Waals surface area contributed by atoms with Crippen LogP contribution in [0.15, 0.2) is 45.4 Å². The molecule has 0 spiro atoms. The Hall–Kier alpha value is -3.46. The fraction of sp³-hybridized carbons (Fsp3) is 0.158. The number of amides is 1. The fourth-order valence-electron chi connectivity index (χ4n) is 3.09. The molecule has 0 bridgehead atoms. The van der Waals surface area contributed by atoms with E-state index in [4.69, 9.17) is 0 Å². The molecule has 0 atom stereocenters. The summed E-state index contributed by atoms with van der Waals surface area (Å²) in [6.07, 6.45) is 2.24. The molecular weight excluding hydrogens is 378 g/mol. The summed E-state index contributed by atoms with van der Waals surface area (Å²) in [6.45, 7) is 1.64. The molecule has 3 heterocycles. The molecule has 0 fully saturated rings. The molecular formula is C19H17N5O3S. The van der Waals surface area contributed by atoms with Crippen molar-refractivity contribution in [1.29, 1.82) is 0 Å². The Morgan fingerprint density at radius 2 is 2.04 bits per heavy atom. The van der Waals surface area contributed by atoms with E-state index in [1.807, 2.05) is 35.8 Å². The molecule has 0 unspecified atom stereocenters. The number of thiazole rings is 1. The molecule has 0 aliphatic rings. The molecule has 9 heteroatoms. The maximum absolute atomic E-state index is 12.2. The highest BCUT2D eigenvalue weighted by atomic mass is 32.1. The van der Waals surface area contributed by atoms with Gasteiger partial charge in [-0.2, -0.15) is 0 Å². The summed E-state index contributed by atoms with van der Waals surface area (Å²) < 4.78 is 0. The number of hydrogen-bond acceptors (Lipinski definition) is 5. The number of para-hydroxylation sites is 1. The van der Waals surface area contributed by atoms with E-state index in [2.05, 4.69) is 25.3 Å². The number of carbonyl (C=O) groups excluding carboxylic acids is 1. The summed E-state index contributed by atoms with van der Waals surface area (Å²) in [5.41, 5.74) is 2.63. The van der Waals surface area contributed by atoms with E-state index >= 15 is 0 Å². The van der Waals surface area contributed by atoms with Gasteiger partial charge in [-0.05, 0) is 19.4 Å². The minimum Gasteiger partial charge on any atom is -0.360 e. The smallest absolute Gasteiger partial charge is 0.325 e. The molecule has 0 aliphatic carbocycles. The molecule has 8 nitrogen and oxygen atoms in total. The van der Waals surface area contributed by atoms with E-state index in [1.54, 1.807) is 6.92 Å². The van der Waals surface area contributed by atoms with Crippen LogP contribution in [0.1, 0.15) is 17.7 Å². The Morgan fingerprint density at radius 3 is 2.86 bits per heavy atom. The van der Waals surface area contributed by atoms with Gasteiger partial charge in [0.2, 0.25) is 5.91 Å². The number of nitrogens with one attached hydrogen (secondary N) is 4. The van der Waals surface area contributed by atoms with Gasteiger partial charge < -0.3 is 15.3 Å². The lowest BCUT2D eigenvalue weighted by Crippen LogP contribution is -2.27. The zero-order valence-electron chi connectivity index (χ0n) is 15.0. The second-order valence-electron chi connectivity index (χ2n) is 6.35. The number of benzene rings is 1. The lowest BCUT2D eigenvalue weighted by atomic mass is 10.1. The van der Waals surface area contributed by atoms with Gasteiger partial charge in [-0.3, -0.25) is 14.6 Å². The highest BCUT2D eigenvalue weighted by Crippen LogP contribution is 2.30. The van der Waals surface area contributed by atoms with E-state index in [0.717, 1.165) is 22.2 Å². The van der Waals surface area contributed by atoms with E-state index < -0.39 is 11.2 Å². The van der Waals surface area contributed by atoms with Gasteiger partial charge >= 0.3 is 5.69 Å². The molecule has 0 saturated heterocycles. The van der Waals surface area contributed by atoms with Crippen molar-refractivity contribution in [2.24, 2.45) is 0 Å². The van der Waals surface area contributed by atoms with Crippen molar-refractivity contribution in [3.63, 3.8) is 0 Å². The predicted molar refractivity (Wildman–Crippen MR) is 109 cm³/mol. The van der Waals surface area contributed by atoms with Crippen LogP contribution in [0.4, 0.5) is 5.13 Å². The largest absolute Gasteiger partial charge is 0.360 e. The third-order valence-electron chi connectivity index (χ3n) is 4.47. The number of carbonyl (C=O) groups is 1. The number of aryl methyl sites for hydroxylation is 1. The summed E-state index contributed by atoms with van der Waals surface area (Å²) in [5.74, 6) is -0.246. The van der Waals surface area contributed by atoms with Crippen molar-refractivity contribution in [3.05, 3.63) is 67.9 Å². The van der Waals surface area contributed by atoms with E-state index in [1.165, 1.54) is 11.3 Å². The Labute approximate surface area is 162 Å². The molecule has 1 aromatic carbocycles. The Morgan fingerprint density at radius 1 is 1.21 bits per heavy atom. The van der Waals surface area contributed by atoms with Crippen LogP contribution in [0.3, 0.4) is 0 Å². The maximum atomic E-state index is 12.2. The molecule has 4 rings (SSSR count). The Kier molecular flexibility index (Phi) is 4.66. The second-order valence-corrected chi connectivity index (χ2v) is 7.20. The molecule has 142 valence electrons. The van der Waals surface area contributed by atoms with Gasteiger partial charge in [-0.25, -0.2) is 9.78 Å². The van der Waals surface area contributed by atoms with Crippen LogP contribution in [0.25, 0.3) is 22.2 Å². The highest BCUT2D eigenvalue weighted by molar-refractivity contribution is 7.14. The lowest BCUT2D eigenvalue weighted by Gasteiger charge is -2.04. The van der Waals surface area contributed by atoms with Crippen LogP contribution in [0, 0.1) is 6.92 Å². The SMILES string of the molecule is Cc1[nH]c(=O)[nH]c(=O)c1CCC(=O)Nc1nc(-c2c[nH]c3ccccc23)cs1. The molecule has 0 aliphatic heterocycles. The zero-order chi connectivity index (χ0) is 19.7. The molecule has 28 heavy (non-hydrogen) atoms. The Bertz CT molecular complexity index is 1280. The third kappa shape index (κ3) is 3.52. The summed E-state index contributed by atoms with van der Waals surface area (Å²) in [5, 5.41) is 6.22. The topological polar surface area (TPSA) is 124 Å². The van der Waals surface area contributed by atoms with Crippen LogP contribution < -0.4 is 16.6 Å². The van der Waals surface area contributed by atoms with Gasteiger partial charge in [0, 0.05) is 45.7 Å². The predicted octanol–water partition coefficient (Wildman–Crippen LogP) is 2.55. The first-order chi connectivity index (χ1) is 13.5. The van der Waals surface area contributed by atoms with Crippen molar-refractivity contribution in [2.75, 3.05) is 5.32 Å². The van der Waals surface area contributed by atoms with Gasteiger partial charge in [0.25, 0.3) is 5.56 Å². The maximum Gasteiger partial charge on any atom is 0.325 e. The van der Waals surface area contributed by atoms with Gasteiger partial charge in [0.1, 0.15) is 0 Å². The minimum absolute atomic E-state index is 0.109. The number of fused-ring (bicyclic) bond motifs is 1. The summed E-state index contributed by atoms with van der Waals surface area (Å²) >= 11 is 1.34. The van der Waals surface area contributed by atoms with E-state index in [9.17, 15) is 14.4 Å². The first kappa shape index (κ1) is 17.9. The highest BCUT2D eigenvalue weighted by Gasteiger charge is 2.13. The van der Waals surface area contributed by atoms with Crippen LogP contribution in [0.5, 0.6) is 0 Å².